The summed E-state index contributed by atoms with van der Waals surface area (Å²) in [7, 11) is 0. The van der Waals surface area contributed by atoms with Crippen LogP contribution in [-0.4, -0.2) is 9.97 Å². The molecule has 0 spiro atoms. The van der Waals surface area contributed by atoms with E-state index in [4.69, 9.17) is 9.97 Å². The molecule has 0 saturated heterocycles. The maximum Gasteiger partial charge on any atom is 0.0972 e. The summed E-state index contributed by atoms with van der Waals surface area (Å²) in [6.07, 6.45) is 0.706. The fraction of sp³-hybridized carbons (Fsp3) is 0.0769. The van der Waals surface area contributed by atoms with Gasteiger partial charge in [0.1, 0.15) is 0 Å². The van der Waals surface area contributed by atoms with Crippen molar-refractivity contribution in [1.29, 1.82) is 0 Å². The molecule has 0 radical (unpaired) electrons. The fourth-order valence-corrected chi connectivity index (χ4v) is 5.36. The number of nitrogens with zero attached hydrogens (tertiary/aromatic N) is 2. The molecule has 1 unspecified atom stereocenters. The molecule has 2 heterocycles. The van der Waals surface area contributed by atoms with Crippen molar-refractivity contribution in [2.24, 2.45) is 0 Å². The average molecular weight is 520 g/mol. The molecule has 1 atom stereocenters. The second-order valence-electron chi connectivity index (χ2n) is 6.61. The lowest BCUT2D eigenvalue weighted by Gasteiger charge is -2.10. The Morgan fingerprint density at radius 1 is 0.600 bits per heavy atom. The second-order valence-corrected chi connectivity index (χ2v) is 8.95. The van der Waals surface area contributed by atoms with Crippen molar-refractivity contribution in [3.63, 3.8) is 0 Å². The van der Waals surface area contributed by atoms with E-state index in [0.29, 0.717) is 6.22 Å². The van der Waals surface area contributed by atoms with E-state index in [1.165, 1.54) is 10.9 Å². The molecule has 5 rings (SSSR count). The van der Waals surface area contributed by atoms with Gasteiger partial charge in [-0.3, -0.25) is 0 Å². The monoisotopic (exact) mass is 520 g/mol. The third-order valence-corrected chi connectivity index (χ3v) is 7.28. The first-order chi connectivity index (χ1) is 14.8. The minimum absolute atomic E-state index is 0.706. The smallest absolute Gasteiger partial charge is 0.0972 e. The molecule has 0 N–H and O–H groups in total. The van der Waals surface area contributed by atoms with Crippen LogP contribution in [0.3, 0.4) is 0 Å². The first kappa shape index (κ1) is 20.9. The van der Waals surface area contributed by atoms with Gasteiger partial charge in [0, 0.05) is 21.9 Å². The highest BCUT2D eigenvalue weighted by molar-refractivity contribution is 14.2. The molecular weight excluding hydrogens is 498 g/mol. The SMILES string of the molecule is CC.IPc1ccccc1-c1ccc2ccc3ccc(-c4ccccc4)nc3c2n1. The molecule has 0 fully saturated rings. The maximum atomic E-state index is 5.06. The normalized spacial score (nSPS) is 11.0. The van der Waals surface area contributed by atoms with E-state index in [-0.39, 0.29) is 0 Å². The Hall–Kier alpha value is -2.36. The number of aromatic nitrogens is 2. The number of hydrogen-bond acceptors (Lipinski definition) is 2. The first-order valence-electron chi connectivity index (χ1n) is 10.1. The summed E-state index contributed by atoms with van der Waals surface area (Å²) in [6, 6.07) is 31.6. The summed E-state index contributed by atoms with van der Waals surface area (Å²) in [6.45, 7) is 4.00. The lowest BCUT2D eigenvalue weighted by molar-refractivity contribution is 1.37. The largest absolute Gasteiger partial charge is 0.245 e. The van der Waals surface area contributed by atoms with Crippen LogP contribution in [0, 0.1) is 0 Å². The van der Waals surface area contributed by atoms with Crippen molar-refractivity contribution < 1.29 is 0 Å². The Balaban J connectivity index is 0.00000106. The summed E-state index contributed by atoms with van der Waals surface area (Å²) in [5, 5.41) is 3.55. The topological polar surface area (TPSA) is 25.8 Å². The Bertz CT molecular complexity index is 1300. The van der Waals surface area contributed by atoms with E-state index >= 15 is 0 Å². The fourth-order valence-electron chi connectivity index (χ4n) is 3.48. The van der Waals surface area contributed by atoms with Gasteiger partial charge in [-0.2, -0.15) is 0 Å². The van der Waals surface area contributed by atoms with Crippen LogP contribution in [-0.2, 0) is 0 Å². The Labute approximate surface area is 192 Å². The standard InChI is InChI=1S/C24H16IN2P.C2H6/c25-28-22-9-5-4-8-19(22)21-15-13-18-11-10-17-12-14-20(16-6-2-1-3-7-16)26-23(17)24(18)27-21;1-2/h1-15,28H;1-2H3. The summed E-state index contributed by atoms with van der Waals surface area (Å²) >= 11 is 2.44. The van der Waals surface area contributed by atoms with Gasteiger partial charge < -0.3 is 0 Å². The molecule has 0 aliphatic rings. The van der Waals surface area contributed by atoms with E-state index in [0.717, 1.165) is 38.8 Å². The van der Waals surface area contributed by atoms with Crippen molar-refractivity contribution >= 4 is 55.4 Å². The van der Waals surface area contributed by atoms with Crippen LogP contribution in [0.25, 0.3) is 44.3 Å². The van der Waals surface area contributed by atoms with Gasteiger partial charge >= 0.3 is 0 Å². The minimum atomic E-state index is 0.706. The van der Waals surface area contributed by atoms with Crippen LogP contribution < -0.4 is 5.30 Å². The number of hydrogen-bond donors (Lipinski definition) is 0. The Morgan fingerprint density at radius 3 is 1.80 bits per heavy atom. The summed E-state index contributed by atoms with van der Waals surface area (Å²) < 4.78 is 0. The van der Waals surface area contributed by atoms with E-state index in [1.54, 1.807) is 0 Å². The third kappa shape index (κ3) is 4.10. The van der Waals surface area contributed by atoms with Crippen LogP contribution in [0.4, 0.5) is 0 Å². The number of benzene rings is 3. The predicted octanol–water partition coefficient (Wildman–Crippen LogP) is 7.80. The molecule has 0 aliphatic carbocycles. The van der Waals surface area contributed by atoms with E-state index in [9.17, 15) is 0 Å². The van der Waals surface area contributed by atoms with Crippen LogP contribution in [0.15, 0.2) is 91.0 Å². The molecule has 5 aromatic rings. The van der Waals surface area contributed by atoms with Gasteiger partial charge in [-0.15, -0.1) is 0 Å². The molecule has 3 aromatic carbocycles. The summed E-state index contributed by atoms with van der Waals surface area (Å²) in [5.74, 6) is 0. The predicted molar refractivity (Wildman–Crippen MR) is 141 cm³/mol. The Morgan fingerprint density at radius 2 is 1.13 bits per heavy atom. The van der Waals surface area contributed by atoms with Crippen LogP contribution in [0.2, 0.25) is 0 Å². The highest BCUT2D eigenvalue weighted by Gasteiger charge is 2.10. The van der Waals surface area contributed by atoms with E-state index < -0.39 is 0 Å². The maximum absolute atomic E-state index is 5.06. The van der Waals surface area contributed by atoms with Crippen molar-refractivity contribution in [3.05, 3.63) is 91.0 Å². The van der Waals surface area contributed by atoms with Crippen molar-refractivity contribution in [2.45, 2.75) is 13.8 Å². The molecule has 30 heavy (non-hydrogen) atoms. The van der Waals surface area contributed by atoms with E-state index in [1.807, 2.05) is 32.0 Å². The van der Waals surface area contributed by atoms with Crippen LogP contribution >= 0.6 is 28.3 Å². The number of halogens is 1. The van der Waals surface area contributed by atoms with Gasteiger partial charge in [0.15, 0.2) is 0 Å². The van der Waals surface area contributed by atoms with Gasteiger partial charge in [-0.1, -0.05) is 115 Å². The van der Waals surface area contributed by atoms with Gasteiger partial charge in [-0.05, 0) is 23.7 Å². The lowest BCUT2D eigenvalue weighted by Crippen LogP contribution is -1.99. The Kier molecular flexibility index (Phi) is 6.71. The van der Waals surface area contributed by atoms with Crippen molar-refractivity contribution in [1.82, 2.24) is 9.97 Å². The molecule has 4 heteroatoms. The van der Waals surface area contributed by atoms with Gasteiger partial charge in [0.05, 0.1) is 22.4 Å². The zero-order valence-electron chi connectivity index (χ0n) is 16.9. The number of pyridine rings is 2. The molecule has 148 valence electrons. The van der Waals surface area contributed by atoms with Gasteiger partial charge in [0.2, 0.25) is 0 Å². The molecule has 0 bridgehead atoms. The summed E-state index contributed by atoms with van der Waals surface area (Å²) in [5.41, 5.74) is 6.21. The highest BCUT2D eigenvalue weighted by atomic mass is 127. The molecule has 0 aliphatic heterocycles. The van der Waals surface area contributed by atoms with Gasteiger partial charge in [-0.25, -0.2) is 9.97 Å². The zero-order valence-corrected chi connectivity index (χ0v) is 20.1. The molecule has 0 amide bonds. The molecule has 2 aromatic heterocycles. The second kappa shape index (κ2) is 9.63. The van der Waals surface area contributed by atoms with E-state index in [2.05, 4.69) is 94.8 Å². The van der Waals surface area contributed by atoms with Crippen LogP contribution in [0.5, 0.6) is 0 Å². The number of rotatable bonds is 3. The van der Waals surface area contributed by atoms with Crippen molar-refractivity contribution in [3.8, 4) is 22.5 Å². The van der Waals surface area contributed by atoms with Crippen LogP contribution in [0.1, 0.15) is 13.8 Å². The number of fused-ring (bicyclic) bond motifs is 3. The highest BCUT2D eigenvalue weighted by Crippen LogP contribution is 2.31. The summed E-state index contributed by atoms with van der Waals surface area (Å²) in [4.78, 5) is 10.0. The average Bonchev–Trinajstić information content (AvgIpc) is 2.85. The molecular formula is C26H22IN2P. The zero-order chi connectivity index (χ0) is 20.9. The quantitative estimate of drug-likeness (QED) is 0.138. The lowest BCUT2D eigenvalue weighted by atomic mass is 10.1. The molecule has 2 nitrogen and oxygen atoms in total. The molecule has 0 saturated carbocycles. The van der Waals surface area contributed by atoms with Gasteiger partial charge in [0.25, 0.3) is 0 Å². The first-order valence-corrected chi connectivity index (χ1v) is 14.2. The van der Waals surface area contributed by atoms with Crippen molar-refractivity contribution in [2.75, 3.05) is 0 Å². The minimum Gasteiger partial charge on any atom is -0.245 e. The third-order valence-electron chi connectivity index (χ3n) is 4.89.